The van der Waals surface area contributed by atoms with Gasteiger partial charge in [-0.2, -0.15) is 0 Å². The number of ether oxygens (including phenoxy) is 2. The van der Waals surface area contributed by atoms with Crippen LogP contribution in [0.25, 0.3) is 43.6 Å². The van der Waals surface area contributed by atoms with Crippen molar-refractivity contribution in [3.8, 4) is 11.5 Å². The Morgan fingerprint density at radius 2 is 0.625 bits per heavy atom. The van der Waals surface area contributed by atoms with E-state index in [1.807, 2.05) is 0 Å². The number of nitrogens with one attached hydrogen (secondary N) is 4. The molecule has 0 aliphatic heterocycles. The molecule has 0 bridgehead atoms. The summed E-state index contributed by atoms with van der Waals surface area (Å²) in [6.07, 6.45) is 10.4. The summed E-state index contributed by atoms with van der Waals surface area (Å²) in [7, 11) is 0. The van der Waals surface area contributed by atoms with Crippen molar-refractivity contribution in [1.29, 1.82) is 0 Å². The molecule has 0 radical (unpaired) electrons. The number of aromatic amines is 4. The van der Waals surface area contributed by atoms with Gasteiger partial charge in [-0.25, -0.2) is 0 Å². The average Bonchev–Trinajstić information content (AvgIpc) is 4.07. The van der Waals surface area contributed by atoms with Crippen LogP contribution in [0.5, 0.6) is 11.5 Å². The van der Waals surface area contributed by atoms with Crippen molar-refractivity contribution in [3.63, 3.8) is 0 Å². The van der Waals surface area contributed by atoms with Crippen molar-refractivity contribution in [3.05, 3.63) is 204 Å². The summed E-state index contributed by atoms with van der Waals surface area (Å²) in [6, 6.07) is 51.3. The number of hydrogen-bond acceptors (Lipinski definition) is 2. The minimum Gasteiger partial charge on any atom is -0.494 e. The van der Waals surface area contributed by atoms with Crippen molar-refractivity contribution in [2.24, 2.45) is 0 Å². The highest BCUT2D eigenvalue weighted by molar-refractivity contribution is 5.90. The maximum Gasteiger partial charge on any atom is 0.119 e. The molecule has 56 heavy (non-hydrogen) atoms. The van der Waals surface area contributed by atoms with Crippen LogP contribution in [0.2, 0.25) is 0 Å². The van der Waals surface area contributed by atoms with Crippen LogP contribution < -0.4 is 9.47 Å². The van der Waals surface area contributed by atoms with E-state index in [2.05, 4.69) is 190 Å². The normalized spacial score (nSPS) is 11.8. The number of aromatic nitrogens is 4. The van der Waals surface area contributed by atoms with Crippen LogP contribution in [-0.2, 0) is 0 Å². The number of para-hydroxylation sites is 4. The molecule has 0 aliphatic rings. The summed E-state index contributed by atoms with van der Waals surface area (Å²) in [5.41, 5.74) is 12.1. The molecule has 0 saturated heterocycles. The Labute approximate surface area is 325 Å². The topological polar surface area (TPSA) is 81.6 Å². The Hall–Kier alpha value is -6.92. The van der Waals surface area contributed by atoms with Gasteiger partial charge in [0.05, 0.1) is 13.2 Å². The minimum atomic E-state index is 0.0653. The van der Waals surface area contributed by atoms with Crippen LogP contribution in [0.1, 0.15) is 58.1 Å². The summed E-state index contributed by atoms with van der Waals surface area (Å²) in [5, 5.41) is 4.95. The molecule has 4 heterocycles. The number of unbranched alkanes of at least 4 members (excludes halogenated alkanes) is 1. The lowest BCUT2D eigenvalue weighted by Gasteiger charge is -2.18. The second-order valence-electron chi connectivity index (χ2n) is 14.6. The lowest BCUT2D eigenvalue weighted by molar-refractivity contribution is 0.266. The van der Waals surface area contributed by atoms with Gasteiger partial charge in [0.1, 0.15) is 11.5 Å². The molecule has 10 rings (SSSR count). The van der Waals surface area contributed by atoms with E-state index in [0.29, 0.717) is 13.2 Å². The van der Waals surface area contributed by atoms with Crippen molar-refractivity contribution < 1.29 is 9.47 Å². The van der Waals surface area contributed by atoms with Crippen LogP contribution in [0.15, 0.2) is 170 Å². The van der Waals surface area contributed by atoms with Crippen LogP contribution in [0, 0.1) is 0 Å². The number of hydrogen-bond donors (Lipinski definition) is 4. The van der Waals surface area contributed by atoms with E-state index in [1.54, 1.807) is 0 Å². The lowest BCUT2D eigenvalue weighted by atomic mass is 9.85. The quantitative estimate of drug-likeness (QED) is 0.0891. The maximum atomic E-state index is 6.22. The van der Waals surface area contributed by atoms with Gasteiger partial charge < -0.3 is 29.4 Å². The molecule has 0 aliphatic carbocycles. The summed E-state index contributed by atoms with van der Waals surface area (Å²) in [4.78, 5) is 14.0. The zero-order chi connectivity index (χ0) is 37.3. The van der Waals surface area contributed by atoms with Crippen molar-refractivity contribution in [1.82, 2.24) is 19.9 Å². The first kappa shape index (κ1) is 33.6. The van der Waals surface area contributed by atoms with Gasteiger partial charge in [0, 0.05) is 80.2 Å². The zero-order valence-corrected chi connectivity index (χ0v) is 31.0. The van der Waals surface area contributed by atoms with Crippen LogP contribution in [0.3, 0.4) is 0 Å². The molecule has 0 unspecified atom stereocenters. The number of rotatable bonds is 13. The van der Waals surface area contributed by atoms with Crippen LogP contribution >= 0.6 is 0 Å². The smallest absolute Gasteiger partial charge is 0.119 e. The number of benzene rings is 6. The molecule has 0 saturated carbocycles. The Balaban J connectivity index is 0.785. The zero-order valence-electron chi connectivity index (χ0n) is 31.0. The van der Waals surface area contributed by atoms with E-state index in [1.165, 1.54) is 54.9 Å². The van der Waals surface area contributed by atoms with Crippen LogP contribution in [-0.4, -0.2) is 33.1 Å². The molecule has 6 nitrogen and oxygen atoms in total. The predicted molar refractivity (Wildman–Crippen MR) is 228 cm³/mol. The molecule has 4 N–H and O–H groups in total. The van der Waals surface area contributed by atoms with Gasteiger partial charge in [0.2, 0.25) is 0 Å². The van der Waals surface area contributed by atoms with Gasteiger partial charge in [0.15, 0.2) is 0 Å². The molecular weight excluding hydrogens is 689 g/mol. The second-order valence-corrected chi connectivity index (χ2v) is 14.6. The van der Waals surface area contributed by atoms with E-state index in [4.69, 9.17) is 9.47 Å². The molecule has 6 aromatic carbocycles. The first-order valence-corrected chi connectivity index (χ1v) is 19.5. The molecule has 0 atom stereocenters. The highest BCUT2D eigenvalue weighted by atomic mass is 16.5. The second kappa shape index (κ2) is 14.7. The van der Waals surface area contributed by atoms with Gasteiger partial charge in [-0.1, -0.05) is 97.1 Å². The van der Waals surface area contributed by atoms with Gasteiger partial charge in [-0.15, -0.1) is 0 Å². The van der Waals surface area contributed by atoms with E-state index in [9.17, 15) is 0 Å². The molecule has 10 aromatic rings. The van der Waals surface area contributed by atoms with E-state index >= 15 is 0 Å². The summed E-state index contributed by atoms with van der Waals surface area (Å²) >= 11 is 0. The van der Waals surface area contributed by atoms with Crippen molar-refractivity contribution >= 4 is 43.6 Å². The van der Waals surface area contributed by atoms with E-state index in [0.717, 1.165) is 46.4 Å². The van der Waals surface area contributed by atoms with Gasteiger partial charge in [-0.05, 0) is 94.8 Å². The third-order valence-electron chi connectivity index (χ3n) is 11.2. The standard InChI is InChI=1S/C50H42N4O2/c1-5-15-45-37(11-1)41(29-51-45)49(42-30-52-46-16-6-2-12-38(42)46)33-19-23-35(24-20-33)55-27-9-10-28-56-36-25-21-34(22-26-36)50(43-31-53-47-17-7-3-13-39(43)47)44-32-54-48-18-8-4-14-40(44)48/h1-8,11-26,29-32,49-54H,9-10,27-28H2. The molecule has 0 spiro atoms. The lowest BCUT2D eigenvalue weighted by Crippen LogP contribution is -2.05. The van der Waals surface area contributed by atoms with Gasteiger partial charge >= 0.3 is 0 Å². The van der Waals surface area contributed by atoms with Crippen molar-refractivity contribution in [2.75, 3.05) is 13.2 Å². The highest BCUT2D eigenvalue weighted by Crippen LogP contribution is 2.41. The first-order chi connectivity index (χ1) is 27.8. The van der Waals surface area contributed by atoms with Crippen molar-refractivity contribution in [2.45, 2.75) is 24.7 Å². The molecule has 274 valence electrons. The molecular formula is C50H42N4O2. The SMILES string of the molecule is c1ccc2c(C(c3ccc(OCCCCOc4ccc(C(c5c[nH]c6ccccc56)c5c[nH]c6ccccc56)cc4)cc3)c3c[nH]c4ccccc34)c[nH]c2c1. The Morgan fingerprint density at radius 3 is 0.929 bits per heavy atom. The third-order valence-corrected chi connectivity index (χ3v) is 11.2. The molecule has 0 amide bonds. The Kier molecular flexibility index (Phi) is 8.84. The fourth-order valence-electron chi connectivity index (χ4n) is 8.48. The molecule has 6 heteroatoms. The van der Waals surface area contributed by atoms with E-state index < -0.39 is 0 Å². The fraction of sp³-hybridized carbons (Fsp3) is 0.120. The Bertz CT molecular complexity index is 2540. The summed E-state index contributed by atoms with van der Waals surface area (Å²) in [5.74, 6) is 1.88. The summed E-state index contributed by atoms with van der Waals surface area (Å²) < 4.78 is 12.4. The third kappa shape index (κ3) is 6.29. The first-order valence-electron chi connectivity index (χ1n) is 19.5. The maximum absolute atomic E-state index is 6.22. The van der Waals surface area contributed by atoms with Gasteiger partial charge in [-0.3, -0.25) is 0 Å². The van der Waals surface area contributed by atoms with Gasteiger partial charge in [0.25, 0.3) is 0 Å². The van der Waals surface area contributed by atoms with Crippen LogP contribution in [0.4, 0.5) is 0 Å². The number of H-pyrrole nitrogens is 4. The average molecular weight is 731 g/mol. The summed E-state index contributed by atoms with van der Waals surface area (Å²) in [6.45, 7) is 1.26. The number of fused-ring (bicyclic) bond motifs is 4. The Morgan fingerprint density at radius 1 is 0.339 bits per heavy atom. The highest BCUT2D eigenvalue weighted by Gasteiger charge is 2.25. The fourth-order valence-corrected chi connectivity index (χ4v) is 8.48. The molecule has 4 aromatic heterocycles. The predicted octanol–water partition coefficient (Wildman–Crippen LogP) is 12.2. The van der Waals surface area contributed by atoms with E-state index in [-0.39, 0.29) is 11.8 Å². The molecule has 0 fully saturated rings. The largest absolute Gasteiger partial charge is 0.494 e. The minimum absolute atomic E-state index is 0.0653. The monoisotopic (exact) mass is 730 g/mol.